The fourth-order valence-corrected chi connectivity index (χ4v) is 2.48. The molecule has 2 amide bonds. The van der Waals surface area contributed by atoms with E-state index in [1.807, 2.05) is 5.32 Å². The van der Waals surface area contributed by atoms with Crippen LogP contribution in [0.15, 0.2) is 48.2 Å². The van der Waals surface area contributed by atoms with E-state index < -0.39 is 24.0 Å². The van der Waals surface area contributed by atoms with Crippen LogP contribution in [0.4, 0.5) is 10.5 Å². The van der Waals surface area contributed by atoms with Crippen LogP contribution in [-0.4, -0.2) is 29.1 Å². The van der Waals surface area contributed by atoms with Gasteiger partial charge < -0.3 is 26.0 Å². The monoisotopic (exact) mass is 383 g/mol. The van der Waals surface area contributed by atoms with Gasteiger partial charge in [-0.2, -0.15) is 0 Å². The van der Waals surface area contributed by atoms with E-state index in [1.165, 1.54) is 6.08 Å². The zero-order valence-corrected chi connectivity index (χ0v) is 14.5. The zero-order chi connectivity index (χ0) is 20.3. The molecule has 1 aliphatic rings. The van der Waals surface area contributed by atoms with Crippen molar-refractivity contribution in [3.63, 3.8) is 0 Å². The lowest BCUT2D eigenvalue weighted by atomic mass is 10.1. The number of ether oxygens (including phenoxy) is 2. The van der Waals surface area contributed by atoms with Gasteiger partial charge in [-0.05, 0) is 47.9 Å². The Morgan fingerprint density at radius 2 is 1.93 bits per heavy atom. The van der Waals surface area contributed by atoms with Gasteiger partial charge in [0.2, 0.25) is 0 Å². The predicted molar refractivity (Wildman–Crippen MR) is 99.3 cm³/mol. The van der Waals surface area contributed by atoms with Crippen LogP contribution < -0.4 is 21.5 Å². The topological polar surface area (TPSA) is 154 Å². The molecule has 1 saturated heterocycles. The molecule has 1 atom stereocenters. The van der Waals surface area contributed by atoms with Crippen LogP contribution in [0.3, 0.4) is 0 Å². The summed E-state index contributed by atoms with van der Waals surface area (Å²) < 4.78 is 10.5. The van der Waals surface area contributed by atoms with E-state index in [1.54, 1.807) is 42.5 Å². The van der Waals surface area contributed by atoms with Crippen molar-refractivity contribution in [2.75, 3.05) is 5.73 Å². The van der Waals surface area contributed by atoms with Crippen LogP contribution in [0, 0.1) is 0 Å². The summed E-state index contributed by atoms with van der Waals surface area (Å²) in [5.41, 5.74) is 13.1. The minimum Gasteiger partial charge on any atom is -0.480 e. The number of carboxylic acids is 1. The van der Waals surface area contributed by atoms with Crippen LogP contribution in [0.25, 0.3) is 6.08 Å². The number of cyclic esters (lactones) is 1. The molecule has 0 aromatic heterocycles. The lowest BCUT2D eigenvalue weighted by Gasteiger charge is -2.11. The van der Waals surface area contributed by atoms with E-state index in [-0.39, 0.29) is 12.2 Å². The number of amides is 2. The second kappa shape index (κ2) is 7.80. The van der Waals surface area contributed by atoms with Gasteiger partial charge in [-0.1, -0.05) is 18.2 Å². The summed E-state index contributed by atoms with van der Waals surface area (Å²) in [6.45, 7) is 0. The van der Waals surface area contributed by atoms with Crippen molar-refractivity contribution in [1.29, 1.82) is 0 Å². The molecule has 28 heavy (non-hydrogen) atoms. The highest BCUT2D eigenvalue weighted by Crippen LogP contribution is 2.29. The first-order valence-electron chi connectivity index (χ1n) is 8.21. The fourth-order valence-electron chi connectivity index (χ4n) is 2.48. The molecule has 0 saturated carbocycles. The number of imide groups is 1. The average Bonchev–Trinajstić information content (AvgIpc) is 2.96. The highest BCUT2D eigenvalue weighted by atomic mass is 16.6. The van der Waals surface area contributed by atoms with Gasteiger partial charge in [0.25, 0.3) is 5.91 Å². The second-order valence-corrected chi connectivity index (χ2v) is 6.04. The Kier molecular flexibility index (Phi) is 5.28. The lowest BCUT2D eigenvalue weighted by molar-refractivity contribution is -0.138. The number of nitrogens with one attached hydrogen (secondary N) is 1. The number of rotatable bonds is 6. The second-order valence-electron chi connectivity index (χ2n) is 6.04. The van der Waals surface area contributed by atoms with Gasteiger partial charge in [-0.3, -0.25) is 14.9 Å². The molecular formula is C19H17N3O6. The summed E-state index contributed by atoms with van der Waals surface area (Å²) in [5.74, 6) is -0.896. The normalized spacial score (nSPS) is 15.8. The SMILES string of the molecule is Nc1cc(/C=C2/OC(=O)NC2=O)ccc1Oc1ccc(CC(N)C(=O)O)cc1. The van der Waals surface area contributed by atoms with Gasteiger partial charge in [0.1, 0.15) is 17.5 Å². The minimum atomic E-state index is -1.06. The molecule has 9 nitrogen and oxygen atoms in total. The van der Waals surface area contributed by atoms with E-state index in [0.29, 0.717) is 22.7 Å². The molecule has 1 aliphatic heterocycles. The van der Waals surface area contributed by atoms with Crippen molar-refractivity contribution >= 4 is 29.7 Å². The number of carbonyl (C=O) groups is 3. The standard InChI is InChI=1S/C19H17N3O6/c20-13-8-11(9-16-17(23)22-19(26)28-16)3-6-15(13)27-12-4-1-10(2-5-12)7-14(21)18(24)25/h1-6,8-9,14H,7,20-21H2,(H,24,25)(H,22,23,26)/b16-9+. The lowest BCUT2D eigenvalue weighted by Crippen LogP contribution is -2.32. The molecule has 1 fully saturated rings. The van der Waals surface area contributed by atoms with Gasteiger partial charge >= 0.3 is 12.1 Å². The first kappa shape index (κ1) is 18.9. The fraction of sp³-hybridized carbons (Fsp3) is 0.105. The summed E-state index contributed by atoms with van der Waals surface area (Å²) in [4.78, 5) is 33.3. The van der Waals surface area contributed by atoms with Crippen molar-refractivity contribution in [3.8, 4) is 11.5 Å². The Balaban J connectivity index is 1.70. The number of benzene rings is 2. The van der Waals surface area contributed by atoms with Crippen LogP contribution >= 0.6 is 0 Å². The predicted octanol–water partition coefficient (Wildman–Crippen LogP) is 1.62. The van der Waals surface area contributed by atoms with Crippen molar-refractivity contribution < 1.29 is 29.0 Å². The molecule has 0 aliphatic carbocycles. The summed E-state index contributed by atoms with van der Waals surface area (Å²) in [7, 11) is 0. The number of hydrogen-bond donors (Lipinski definition) is 4. The Morgan fingerprint density at radius 1 is 1.21 bits per heavy atom. The van der Waals surface area contributed by atoms with E-state index >= 15 is 0 Å². The molecule has 1 heterocycles. The van der Waals surface area contributed by atoms with Crippen LogP contribution in [0.5, 0.6) is 11.5 Å². The zero-order valence-electron chi connectivity index (χ0n) is 14.5. The number of hydrogen-bond acceptors (Lipinski definition) is 7. The van der Waals surface area contributed by atoms with Gasteiger partial charge in [0.15, 0.2) is 5.76 Å². The van der Waals surface area contributed by atoms with Gasteiger partial charge in [0, 0.05) is 0 Å². The van der Waals surface area contributed by atoms with Crippen molar-refractivity contribution in [2.45, 2.75) is 12.5 Å². The Bertz CT molecular complexity index is 968. The maximum absolute atomic E-state index is 11.5. The number of alkyl carbamates (subject to hydrolysis) is 1. The third-order valence-corrected chi connectivity index (χ3v) is 3.90. The van der Waals surface area contributed by atoms with E-state index in [2.05, 4.69) is 0 Å². The van der Waals surface area contributed by atoms with E-state index in [4.69, 9.17) is 26.0 Å². The highest BCUT2D eigenvalue weighted by molar-refractivity contribution is 6.09. The molecule has 6 N–H and O–H groups in total. The average molecular weight is 383 g/mol. The first-order chi connectivity index (χ1) is 13.3. The largest absolute Gasteiger partial charge is 0.480 e. The molecule has 144 valence electrons. The van der Waals surface area contributed by atoms with Gasteiger partial charge in [-0.15, -0.1) is 0 Å². The number of carboxylic acid groups (broad SMARTS) is 1. The smallest absolute Gasteiger partial charge is 0.419 e. The maximum atomic E-state index is 11.5. The van der Waals surface area contributed by atoms with Crippen LogP contribution in [0.2, 0.25) is 0 Å². The van der Waals surface area contributed by atoms with E-state index in [9.17, 15) is 14.4 Å². The minimum absolute atomic E-state index is 0.117. The third-order valence-electron chi connectivity index (χ3n) is 3.90. The molecular weight excluding hydrogens is 366 g/mol. The Hall–Kier alpha value is -3.85. The third kappa shape index (κ3) is 4.46. The molecule has 2 aromatic carbocycles. The number of carbonyl (C=O) groups excluding carboxylic acids is 2. The van der Waals surface area contributed by atoms with Crippen molar-refractivity contribution in [1.82, 2.24) is 5.32 Å². The van der Waals surface area contributed by atoms with Crippen LogP contribution in [-0.2, 0) is 20.7 Å². The molecule has 0 radical (unpaired) electrons. The number of nitrogen functional groups attached to an aromatic ring is 1. The van der Waals surface area contributed by atoms with Gasteiger partial charge in [-0.25, -0.2) is 4.79 Å². The maximum Gasteiger partial charge on any atom is 0.419 e. The Labute approximate surface area is 159 Å². The molecule has 0 bridgehead atoms. The molecule has 2 aromatic rings. The number of anilines is 1. The van der Waals surface area contributed by atoms with Crippen LogP contribution in [0.1, 0.15) is 11.1 Å². The number of aliphatic carboxylic acids is 1. The summed E-state index contributed by atoms with van der Waals surface area (Å²) in [6.07, 6.45) is 0.775. The summed E-state index contributed by atoms with van der Waals surface area (Å²) >= 11 is 0. The molecule has 9 heteroatoms. The summed E-state index contributed by atoms with van der Waals surface area (Å²) in [5, 5.41) is 10.9. The van der Waals surface area contributed by atoms with E-state index in [0.717, 1.165) is 5.56 Å². The quantitative estimate of drug-likeness (QED) is 0.433. The van der Waals surface area contributed by atoms with Crippen molar-refractivity contribution in [2.24, 2.45) is 5.73 Å². The highest BCUT2D eigenvalue weighted by Gasteiger charge is 2.26. The van der Waals surface area contributed by atoms with Crippen molar-refractivity contribution in [3.05, 3.63) is 59.4 Å². The Morgan fingerprint density at radius 3 is 2.50 bits per heavy atom. The van der Waals surface area contributed by atoms with Gasteiger partial charge in [0.05, 0.1) is 5.69 Å². The number of nitrogens with two attached hydrogens (primary N) is 2. The summed E-state index contributed by atoms with van der Waals surface area (Å²) in [6, 6.07) is 10.7. The molecule has 1 unspecified atom stereocenters. The molecule has 0 spiro atoms. The molecule has 3 rings (SSSR count). The first-order valence-corrected chi connectivity index (χ1v) is 8.21.